The van der Waals surface area contributed by atoms with Crippen LogP contribution in [0.15, 0.2) is 9.95 Å². The number of ether oxygens (including phenoxy) is 2. The topological polar surface area (TPSA) is 53.3 Å². The molecule has 0 saturated heterocycles. The summed E-state index contributed by atoms with van der Waals surface area (Å²) in [7, 11) is 1.66. The first-order chi connectivity index (χ1) is 11.8. The molecule has 2 aromatic rings. The van der Waals surface area contributed by atoms with Crippen LogP contribution in [0.5, 0.6) is 0 Å². The maximum absolute atomic E-state index is 13.1. The number of nitrogens with zero attached hydrogens (tertiary/aromatic N) is 2. The van der Waals surface area contributed by atoms with E-state index in [0.29, 0.717) is 26.4 Å². The zero-order valence-electron chi connectivity index (χ0n) is 14.3. The number of hydrogen-bond donors (Lipinski definition) is 0. The highest BCUT2D eigenvalue weighted by atomic mass is 32.2. The van der Waals surface area contributed by atoms with Gasteiger partial charge in [-0.3, -0.25) is 9.36 Å². The van der Waals surface area contributed by atoms with Gasteiger partial charge in [-0.05, 0) is 38.2 Å². The molecule has 0 unspecified atom stereocenters. The number of hydrogen-bond acceptors (Lipinski definition) is 6. The molecule has 0 aromatic carbocycles. The summed E-state index contributed by atoms with van der Waals surface area (Å²) in [5.74, 6) is 0.795. The fraction of sp³-hybridized carbons (Fsp3) is 0.647. The van der Waals surface area contributed by atoms with Gasteiger partial charge in [0.25, 0.3) is 5.56 Å². The van der Waals surface area contributed by atoms with Crippen LogP contribution in [0.2, 0.25) is 0 Å². The molecule has 5 nitrogen and oxygen atoms in total. The predicted molar refractivity (Wildman–Crippen MR) is 99.6 cm³/mol. The number of thioether (sulfide) groups is 1. The van der Waals surface area contributed by atoms with E-state index in [9.17, 15) is 4.79 Å². The summed E-state index contributed by atoms with van der Waals surface area (Å²) < 4.78 is 12.4. The van der Waals surface area contributed by atoms with Crippen molar-refractivity contribution in [3.8, 4) is 0 Å². The number of aromatic nitrogens is 2. The van der Waals surface area contributed by atoms with Gasteiger partial charge in [0.05, 0.1) is 25.1 Å². The van der Waals surface area contributed by atoms with Crippen molar-refractivity contribution in [2.75, 3.05) is 32.7 Å². The van der Waals surface area contributed by atoms with Crippen LogP contribution in [0.1, 0.15) is 30.2 Å². The van der Waals surface area contributed by atoms with Gasteiger partial charge in [-0.25, -0.2) is 4.98 Å². The standard InChI is InChI=1S/C17H24N2O3S2/c1-3-22-10-11-23-17-18-15-14(16(20)19(17)8-9-21-2)12-6-4-5-7-13(12)24-15/h3-11H2,1-2H3. The van der Waals surface area contributed by atoms with Crippen molar-refractivity contribution in [2.24, 2.45) is 0 Å². The molecule has 0 N–H and O–H groups in total. The van der Waals surface area contributed by atoms with Crippen molar-refractivity contribution in [1.29, 1.82) is 0 Å². The van der Waals surface area contributed by atoms with E-state index in [0.717, 1.165) is 34.0 Å². The minimum Gasteiger partial charge on any atom is -0.383 e. The molecule has 0 radical (unpaired) electrons. The first-order valence-electron chi connectivity index (χ1n) is 8.50. The van der Waals surface area contributed by atoms with Gasteiger partial charge in [-0.15, -0.1) is 11.3 Å². The highest BCUT2D eigenvalue weighted by molar-refractivity contribution is 7.99. The molecule has 24 heavy (non-hydrogen) atoms. The van der Waals surface area contributed by atoms with Gasteiger partial charge in [-0.2, -0.15) is 0 Å². The Labute approximate surface area is 150 Å². The summed E-state index contributed by atoms with van der Waals surface area (Å²) >= 11 is 3.29. The number of rotatable bonds is 8. The number of methoxy groups -OCH3 is 1. The molecule has 0 bridgehead atoms. The Morgan fingerprint density at radius 3 is 2.92 bits per heavy atom. The van der Waals surface area contributed by atoms with Gasteiger partial charge in [0.1, 0.15) is 4.83 Å². The average Bonchev–Trinajstić information content (AvgIpc) is 2.96. The van der Waals surface area contributed by atoms with E-state index >= 15 is 0 Å². The summed E-state index contributed by atoms with van der Waals surface area (Å²) in [4.78, 5) is 20.2. The highest BCUT2D eigenvalue weighted by Gasteiger charge is 2.22. The van der Waals surface area contributed by atoms with Crippen LogP contribution in [0.25, 0.3) is 10.2 Å². The quantitative estimate of drug-likeness (QED) is 0.407. The van der Waals surface area contributed by atoms with Crippen molar-refractivity contribution in [3.05, 3.63) is 20.8 Å². The first-order valence-corrected chi connectivity index (χ1v) is 10.3. The van der Waals surface area contributed by atoms with E-state index < -0.39 is 0 Å². The van der Waals surface area contributed by atoms with Crippen LogP contribution in [-0.4, -0.2) is 42.2 Å². The Hall–Kier alpha value is -0.890. The van der Waals surface area contributed by atoms with Crippen molar-refractivity contribution in [1.82, 2.24) is 9.55 Å². The van der Waals surface area contributed by atoms with Crippen LogP contribution in [0.3, 0.4) is 0 Å². The van der Waals surface area contributed by atoms with Crippen LogP contribution in [0.4, 0.5) is 0 Å². The van der Waals surface area contributed by atoms with E-state index in [-0.39, 0.29) is 5.56 Å². The maximum Gasteiger partial charge on any atom is 0.263 e. The Morgan fingerprint density at radius 2 is 2.12 bits per heavy atom. The average molecular weight is 369 g/mol. The predicted octanol–water partition coefficient (Wildman–Crippen LogP) is 3.11. The molecular formula is C17H24N2O3S2. The van der Waals surface area contributed by atoms with E-state index in [2.05, 4.69) is 0 Å². The summed E-state index contributed by atoms with van der Waals surface area (Å²) in [6.45, 7) is 4.42. The second-order valence-corrected chi connectivity index (χ2v) is 7.93. The first kappa shape index (κ1) is 17.9. The molecule has 2 aromatic heterocycles. The van der Waals surface area contributed by atoms with Crippen LogP contribution in [-0.2, 0) is 28.9 Å². The Kier molecular flexibility index (Phi) is 6.32. The molecule has 1 aliphatic carbocycles. The summed E-state index contributed by atoms with van der Waals surface area (Å²) in [6, 6.07) is 0. The molecule has 3 rings (SSSR count). The van der Waals surface area contributed by atoms with Crippen LogP contribution in [0, 0.1) is 0 Å². The number of aryl methyl sites for hydroxylation is 2. The Balaban J connectivity index is 2.00. The molecule has 0 fully saturated rings. The zero-order valence-corrected chi connectivity index (χ0v) is 15.9. The molecule has 132 valence electrons. The summed E-state index contributed by atoms with van der Waals surface area (Å²) in [5, 5.41) is 1.63. The van der Waals surface area contributed by atoms with Crippen molar-refractivity contribution < 1.29 is 9.47 Å². The minimum atomic E-state index is 0.0929. The molecular weight excluding hydrogens is 344 g/mol. The maximum atomic E-state index is 13.1. The van der Waals surface area contributed by atoms with Gasteiger partial charge in [-0.1, -0.05) is 11.8 Å². The van der Waals surface area contributed by atoms with E-state index in [1.165, 1.54) is 23.3 Å². The van der Waals surface area contributed by atoms with Crippen LogP contribution < -0.4 is 5.56 Å². The fourth-order valence-corrected chi connectivity index (χ4v) is 5.23. The lowest BCUT2D eigenvalue weighted by Crippen LogP contribution is -2.25. The normalized spacial score (nSPS) is 14.2. The van der Waals surface area contributed by atoms with E-state index in [4.69, 9.17) is 14.5 Å². The SMILES string of the molecule is CCOCCSc1nc2sc3c(c2c(=O)n1CCOC)CCCC3. The third-order valence-electron chi connectivity index (χ3n) is 4.22. The van der Waals surface area contributed by atoms with Gasteiger partial charge >= 0.3 is 0 Å². The van der Waals surface area contributed by atoms with E-state index in [1.54, 1.807) is 34.8 Å². The second-order valence-electron chi connectivity index (χ2n) is 5.78. The lowest BCUT2D eigenvalue weighted by molar-refractivity contribution is 0.164. The molecule has 0 aliphatic heterocycles. The van der Waals surface area contributed by atoms with Gasteiger partial charge in [0.2, 0.25) is 0 Å². The minimum absolute atomic E-state index is 0.0929. The second kappa shape index (κ2) is 8.47. The Morgan fingerprint density at radius 1 is 1.29 bits per heavy atom. The van der Waals surface area contributed by atoms with Gasteiger partial charge in [0.15, 0.2) is 5.16 Å². The molecule has 0 atom stereocenters. The molecule has 0 saturated carbocycles. The molecule has 1 aliphatic rings. The van der Waals surface area contributed by atoms with Crippen LogP contribution >= 0.6 is 23.1 Å². The van der Waals surface area contributed by atoms with E-state index in [1.807, 2.05) is 6.92 Å². The number of fused-ring (bicyclic) bond motifs is 3. The molecule has 2 heterocycles. The summed E-state index contributed by atoms with van der Waals surface area (Å²) in [5.41, 5.74) is 1.34. The fourth-order valence-electron chi connectivity index (χ4n) is 3.05. The lowest BCUT2D eigenvalue weighted by atomic mass is 9.97. The molecule has 7 heteroatoms. The van der Waals surface area contributed by atoms with Crippen molar-refractivity contribution >= 4 is 33.3 Å². The van der Waals surface area contributed by atoms with Crippen molar-refractivity contribution in [2.45, 2.75) is 44.3 Å². The highest BCUT2D eigenvalue weighted by Crippen LogP contribution is 2.34. The third kappa shape index (κ3) is 3.69. The lowest BCUT2D eigenvalue weighted by Gasteiger charge is -2.13. The van der Waals surface area contributed by atoms with Gasteiger partial charge in [0, 0.05) is 24.3 Å². The molecule has 0 amide bonds. The smallest absolute Gasteiger partial charge is 0.263 e. The zero-order chi connectivity index (χ0) is 16.9. The summed E-state index contributed by atoms with van der Waals surface area (Å²) in [6.07, 6.45) is 4.48. The Bertz CT molecular complexity index is 754. The molecule has 0 spiro atoms. The monoisotopic (exact) mass is 368 g/mol. The number of thiophene rings is 1. The van der Waals surface area contributed by atoms with Gasteiger partial charge < -0.3 is 9.47 Å². The largest absolute Gasteiger partial charge is 0.383 e. The third-order valence-corrected chi connectivity index (χ3v) is 6.35. The van der Waals surface area contributed by atoms with Crippen molar-refractivity contribution in [3.63, 3.8) is 0 Å².